The molecule has 0 aliphatic heterocycles. The molecule has 3 aromatic rings. The number of hydrogen-bond acceptors (Lipinski definition) is 2. The van der Waals surface area contributed by atoms with Gasteiger partial charge in [0.2, 0.25) is 0 Å². The number of anilines is 1. The minimum atomic E-state index is -0.400. The van der Waals surface area contributed by atoms with Crippen molar-refractivity contribution in [1.29, 1.82) is 5.26 Å². The van der Waals surface area contributed by atoms with E-state index in [1.54, 1.807) is 12.1 Å². The van der Waals surface area contributed by atoms with Crippen molar-refractivity contribution in [3.63, 3.8) is 0 Å². The number of fused-ring (bicyclic) bond motifs is 1. The van der Waals surface area contributed by atoms with Crippen LogP contribution in [0.4, 0.5) is 5.69 Å². The molecule has 3 heteroatoms. The van der Waals surface area contributed by atoms with Gasteiger partial charge in [0.05, 0.1) is 12.0 Å². The molecular weight excluding hydrogens is 280 g/mol. The van der Waals surface area contributed by atoms with Gasteiger partial charge in [-0.2, -0.15) is 5.26 Å². The van der Waals surface area contributed by atoms with Crippen molar-refractivity contribution >= 4 is 28.1 Å². The van der Waals surface area contributed by atoms with Crippen molar-refractivity contribution in [2.45, 2.75) is 5.92 Å². The van der Waals surface area contributed by atoms with Gasteiger partial charge in [0.1, 0.15) is 0 Å². The third-order valence-electron chi connectivity index (χ3n) is 3.57. The highest BCUT2D eigenvalue weighted by molar-refractivity contribution is 6.31. The van der Waals surface area contributed by atoms with Gasteiger partial charge in [-0.05, 0) is 40.1 Å². The van der Waals surface area contributed by atoms with Gasteiger partial charge in [0, 0.05) is 10.7 Å². The highest BCUT2D eigenvalue weighted by Crippen LogP contribution is 2.32. The maximum Gasteiger partial charge on any atom is 0.0977 e. The number of rotatable bonds is 2. The largest absolute Gasteiger partial charge is 0.399 e. The van der Waals surface area contributed by atoms with Crippen LogP contribution >= 0.6 is 11.6 Å². The van der Waals surface area contributed by atoms with Crippen molar-refractivity contribution in [1.82, 2.24) is 0 Å². The van der Waals surface area contributed by atoms with Crippen LogP contribution in [-0.2, 0) is 0 Å². The quantitative estimate of drug-likeness (QED) is 0.694. The summed E-state index contributed by atoms with van der Waals surface area (Å²) in [4.78, 5) is 0. The smallest absolute Gasteiger partial charge is 0.0977 e. The average Bonchev–Trinajstić information content (AvgIpc) is 2.50. The lowest BCUT2D eigenvalue weighted by molar-refractivity contribution is 1.04. The van der Waals surface area contributed by atoms with Crippen molar-refractivity contribution in [3.05, 3.63) is 76.8 Å². The number of nitrogens with two attached hydrogens (primary N) is 1. The monoisotopic (exact) mass is 292 g/mol. The average molecular weight is 293 g/mol. The normalized spacial score (nSPS) is 12.0. The molecule has 3 aromatic carbocycles. The van der Waals surface area contributed by atoms with Crippen LogP contribution in [0.2, 0.25) is 5.02 Å². The van der Waals surface area contributed by atoms with Gasteiger partial charge in [-0.1, -0.05) is 54.1 Å². The number of nitrogen functional groups attached to an aromatic ring is 1. The van der Waals surface area contributed by atoms with E-state index in [-0.39, 0.29) is 0 Å². The second-order valence-corrected chi connectivity index (χ2v) is 5.36. The van der Waals surface area contributed by atoms with Crippen LogP contribution < -0.4 is 5.73 Å². The van der Waals surface area contributed by atoms with Crippen molar-refractivity contribution in [3.8, 4) is 6.07 Å². The van der Waals surface area contributed by atoms with Crippen LogP contribution in [0.1, 0.15) is 17.0 Å². The lowest BCUT2D eigenvalue weighted by Gasteiger charge is -2.13. The predicted molar refractivity (Wildman–Crippen MR) is 87.3 cm³/mol. The molecule has 21 heavy (non-hydrogen) atoms. The molecule has 2 nitrogen and oxygen atoms in total. The maximum atomic E-state index is 9.56. The zero-order valence-corrected chi connectivity index (χ0v) is 12.0. The van der Waals surface area contributed by atoms with E-state index in [4.69, 9.17) is 17.3 Å². The van der Waals surface area contributed by atoms with E-state index in [1.165, 1.54) is 0 Å². The van der Waals surface area contributed by atoms with Gasteiger partial charge in [0.25, 0.3) is 0 Å². The number of nitrogens with zero attached hydrogens (tertiary/aromatic N) is 1. The van der Waals surface area contributed by atoms with E-state index >= 15 is 0 Å². The van der Waals surface area contributed by atoms with Crippen molar-refractivity contribution in [2.24, 2.45) is 0 Å². The van der Waals surface area contributed by atoms with E-state index in [9.17, 15) is 5.26 Å². The molecule has 0 heterocycles. The standard InChI is InChI=1S/C18H13ClN2/c19-18-10-15(21)7-8-16(18)17(11-20)14-6-5-12-3-1-2-4-13(12)9-14/h1-10,17H,21H2. The third kappa shape index (κ3) is 2.56. The fourth-order valence-electron chi connectivity index (χ4n) is 2.49. The van der Waals surface area contributed by atoms with Crippen LogP contribution in [0.3, 0.4) is 0 Å². The predicted octanol–water partition coefficient (Wildman–Crippen LogP) is 4.73. The summed E-state index contributed by atoms with van der Waals surface area (Å²) in [5, 5.41) is 12.3. The second kappa shape index (κ2) is 5.47. The molecule has 0 bridgehead atoms. The summed E-state index contributed by atoms with van der Waals surface area (Å²) < 4.78 is 0. The Morgan fingerprint density at radius 2 is 1.71 bits per heavy atom. The fourth-order valence-corrected chi connectivity index (χ4v) is 2.79. The Morgan fingerprint density at radius 1 is 0.952 bits per heavy atom. The topological polar surface area (TPSA) is 49.8 Å². The summed E-state index contributed by atoms with van der Waals surface area (Å²) >= 11 is 6.24. The van der Waals surface area contributed by atoms with Crippen LogP contribution in [-0.4, -0.2) is 0 Å². The van der Waals surface area contributed by atoms with Gasteiger partial charge in [-0.25, -0.2) is 0 Å². The molecule has 1 atom stereocenters. The minimum absolute atomic E-state index is 0.400. The number of halogens is 1. The SMILES string of the molecule is N#CC(c1ccc2ccccc2c1)c1ccc(N)cc1Cl. The summed E-state index contributed by atoms with van der Waals surface area (Å²) in [7, 11) is 0. The Kier molecular flexibility index (Phi) is 3.51. The summed E-state index contributed by atoms with van der Waals surface area (Å²) in [5.41, 5.74) is 8.03. The van der Waals surface area contributed by atoms with E-state index in [0.717, 1.165) is 21.9 Å². The maximum absolute atomic E-state index is 9.56. The Labute approximate surface area is 128 Å². The van der Waals surface area contributed by atoms with Crippen LogP contribution in [0.15, 0.2) is 60.7 Å². The highest BCUT2D eigenvalue weighted by Gasteiger charge is 2.17. The van der Waals surface area contributed by atoms with Gasteiger partial charge in [0.15, 0.2) is 0 Å². The summed E-state index contributed by atoms with van der Waals surface area (Å²) in [6.45, 7) is 0. The summed E-state index contributed by atoms with van der Waals surface area (Å²) in [6, 6.07) is 21.7. The number of benzene rings is 3. The molecule has 0 fully saturated rings. The second-order valence-electron chi connectivity index (χ2n) is 4.95. The van der Waals surface area contributed by atoms with Crippen molar-refractivity contribution < 1.29 is 0 Å². The van der Waals surface area contributed by atoms with E-state index in [2.05, 4.69) is 12.1 Å². The summed E-state index contributed by atoms with van der Waals surface area (Å²) in [6.07, 6.45) is 0. The first-order chi connectivity index (χ1) is 10.2. The third-order valence-corrected chi connectivity index (χ3v) is 3.90. The van der Waals surface area contributed by atoms with Gasteiger partial charge < -0.3 is 5.73 Å². The zero-order chi connectivity index (χ0) is 14.8. The lowest BCUT2D eigenvalue weighted by Crippen LogP contribution is -2.00. The van der Waals surface area contributed by atoms with E-state index in [0.29, 0.717) is 10.7 Å². The van der Waals surface area contributed by atoms with E-state index < -0.39 is 5.92 Å². The first-order valence-electron chi connectivity index (χ1n) is 6.62. The molecule has 1 unspecified atom stereocenters. The number of nitriles is 1. The fraction of sp³-hybridized carbons (Fsp3) is 0.0556. The molecule has 102 valence electrons. The zero-order valence-electron chi connectivity index (χ0n) is 11.3. The lowest BCUT2D eigenvalue weighted by atomic mass is 9.91. The Hall–Kier alpha value is -2.50. The highest BCUT2D eigenvalue weighted by atomic mass is 35.5. The molecule has 0 aliphatic rings. The molecule has 0 saturated heterocycles. The molecule has 0 spiro atoms. The Morgan fingerprint density at radius 3 is 2.43 bits per heavy atom. The molecule has 0 saturated carbocycles. The molecule has 0 aromatic heterocycles. The van der Waals surface area contributed by atoms with Crippen LogP contribution in [0.5, 0.6) is 0 Å². The molecular formula is C18H13ClN2. The summed E-state index contributed by atoms with van der Waals surface area (Å²) in [5.74, 6) is -0.400. The van der Waals surface area contributed by atoms with Gasteiger partial charge in [-0.3, -0.25) is 0 Å². The number of hydrogen-bond donors (Lipinski definition) is 1. The molecule has 0 amide bonds. The Bertz CT molecular complexity index is 849. The first-order valence-corrected chi connectivity index (χ1v) is 7.00. The van der Waals surface area contributed by atoms with Crippen molar-refractivity contribution in [2.75, 3.05) is 5.73 Å². The first kappa shape index (κ1) is 13.5. The Balaban J connectivity index is 2.12. The van der Waals surface area contributed by atoms with Crippen LogP contribution in [0, 0.1) is 11.3 Å². The molecule has 3 rings (SSSR count). The van der Waals surface area contributed by atoms with Gasteiger partial charge >= 0.3 is 0 Å². The van der Waals surface area contributed by atoms with E-state index in [1.807, 2.05) is 42.5 Å². The molecule has 0 aliphatic carbocycles. The molecule has 0 radical (unpaired) electrons. The van der Waals surface area contributed by atoms with Gasteiger partial charge in [-0.15, -0.1) is 0 Å². The molecule has 2 N–H and O–H groups in total. The van der Waals surface area contributed by atoms with Crippen LogP contribution in [0.25, 0.3) is 10.8 Å². The minimum Gasteiger partial charge on any atom is -0.399 e.